The maximum atomic E-state index is 14.1. The van der Waals surface area contributed by atoms with Crippen LogP contribution in [0.1, 0.15) is 31.9 Å². The average molecular weight is 425 g/mol. The fourth-order valence-electron chi connectivity index (χ4n) is 2.72. The van der Waals surface area contributed by atoms with E-state index in [9.17, 15) is 14.0 Å². The van der Waals surface area contributed by atoms with E-state index < -0.39 is 11.9 Å². The summed E-state index contributed by atoms with van der Waals surface area (Å²) in [6, 6.07) is 10.3. The minimum absolute atomic E-state index is 0.0144. The van der Waals surface area contributed by atoms with Crippen LogP contribution in [0.5, 0.6) is 0 Å². The van der Waals surface area contributed by atoms with E-state index in [0.29, 0.717) is 21.2 Å². The van der Waals surface area contributed by atoms with Crippen LogP contribution in [0.15, 0.2) is 42.5 Å². The number of carbonyl (C=O) groups excluding carboxylic acids is 2. The third kappa shape index (κ3) is 5.94. The number of amides is 2. The van der Waals surface area contributed by atoms with Crippen molar-refractivity contribution in [3.8, 4) is 0 Å². The lowest BCUT2D eigenvalue weighted by Crippen LogP contribution is -2.49. The topological polar surface area (TPSA) is 49.4 Å². The molecular formula is C21H23Cl2FN2O2. The lowest BCUT2D eigenvalue weighted by atomic mass is 10.1. The lowest BCUT2D eigenvalue weighted by Gasteiger charge is -2.29. The van der Waals surface area contributed by atoms with Crippen molar-refractivity contribution < 1.29 is 14.0 Å². The summed E-state index contributed by atoms with van der Waals surface area (Å²) in [5.74, 6) is -1.03. The third-order valence-corrected chi connectivity index (χ3v) is 4.98. The Morgan fingerprint density at radius 2 is 1.75 bits per heavy atom. The fourth-order valence-corrected chi connectivity index (χ4v) is 3.04. The Labute approximate surface area is 174 Å². The molecule has 0 radical (unpaired) electrons. The molecule has 28 heavy (non-hydrogen) atoms. The second-order valence-electron chi connectivity index (χ2n) is 6.88. The average Bonchev–Trinajstić information content (AvgIpc) is 2.63. The van der Waals surface area contributed by atoms with E-state index in [0.717, 1.165) is 0 Å². The molecule has 1 N–H and O–H groups in total. The highest BCUT2D eigenvalue weighted by Gasteiger charge is 2.27. The number of nitrogens with one attached hydrogen (secondary N) is 1. The van der Waals surface area contributed by atoms with Crippen molar-refractivity contribution in [1.29, 1.82) is 0 Å². The minimum Gasteiger partial charge on any atom is -0.352 e. The Bertz CT molecular complexity index is 858. The quantitative estimate of drug-likeness (QED) is 0.704. The molecule has 1 atom stereocenters. The number of benzene rings is 2. The first kappa shape index (κ1) is 22.2. The highest BCUT2D eigenvalue weighted by Crippen LogP contribution is 2.23. The molecule has 0 bridgehead atoms. The van der Waals surface area contributed by atoms with E-state index >= 15 is 0 Å². The standard InChI is InChI=1S/C21H23Cl2FN2O2/c1-13(2)25-21(28)14(3)26(12-16-6-4-5-7-19(16)24)20(27)11-15-8-9-17(22)18(23)10-15/h4-10,13-14H,11-12H2,1-3H3,(H,25,28)/t14-/m1/s1. The van der Waals surface area contributed by atoms with Crippen LogP contribution >= 0.6 is 23.2 Å². The van der Waals surface area contributed by atoms with Crippen molar-refractivity contribution in [3.05, 3.63) is 69.5 Å². The first-order chi connectivity index (χ1) is 13.2. The van der Waals surface area contributed by atoms with Crippen molar-refractivity contribution in [2.45, 2.75) is 45.8 Å². The van der Waals surface area contributed by atoms with Crippen molar-refractivity contribution in [2.24, 2.45) is 0 Å². The number of hydrogen-bond acceptors (Lipinski definition) is 2. The Morgan fingerprint density at radius 1 is 1.07 bits per heavy atom. The van der Waals surface area contributed by atoms with Gasteiger partial charge in [-0.2, -0.15) is 0 Å². The summed E-state index contributed by atoms with van der Waals surface area (Å²) < 4.78 is 14.1. The van der Waals surface area contributed by atoms with Crippen LogP contribution < -0.4 is 5.32 Å². The monoisotopic (exact) mass is 424 g/mol. The minimum atomic E-state index is -0.766. The van der Waals surface area contributed by atoms with Gasteiger partial charge in [0.2, 0.25) is 11.8 Å². The molecule has 0 aliphatic heterocycles. The number of halogens is 3. The number of nitrogens with zero attached hydrogens (tertiary/aromatic N) is 1. The maximum Gasteiger partial charge on any atom is 0.242 e. The summed E-state index contributed by atoms with van der Waals surface area (Å²) in [6.45, 7) is 5.29. The zero-order valence-corrected chi connectivity index (χ0v) is 17.5. The summed E-state index contributed by atoms with van der Waals surface area (Å²) in [6.07, 6.45) is 0.0185. The number of carbonyl (C=O) groups is 2. The Kier molecular flexibility index (Phi) is 7.84. The predicted molar refractivity (Wildman–Crippen MR) is 110 cm³/mol. The van der Waals surface area contributed by atoms with Gasteiger partial charge in [-0.3, -0.25) is 9.59 Å². The molecule has 0 unspecified atom stereocenters. The zero-order valence-electron chi connectivity index (χ0n) is 16.0. The van der Waals surface area contributed by atoms with E-state index in [2.05, 4.69) is 5.32 Å². The molecule has 2 aromatic rings. The number of hydrogen-bond donors (Lipinski definition) is 1. The molecule has 0 aromatic heterocycles. The van der Waals surface area contributed by atoms with Crippen LogP contribution in [0.3, 0.4) is 0 Å². The summed E-state index contributed by atoms with van der Waals surface area (Å²) in [4.78, 5) is 26.9. The molecule has 0 heterocycles. The van der Waals surface area contributed by atoms with Gasteiger partial charge in [0.05, 0.1) is 16.5 Å². The van der Waals surface area contributed by atoms with Gasteiger partial charge in [0.25, 0.3) is 0 Å². The summed E-state index contributed by atoms with van der Waals surface area (Å²) >= 11 is 12.0. The van der Waals surface area contributed by atoms with Gasteiger partial charge in [-0.1, -0.05) is 47.5 Å². The van der Waals surface area contributed by atoms with E-state index in [1.54, 1.807) is 43.3 Å². The van der Waals surface area contributed by atoms with Crippen LogP contribution in [-0.2, 0) is 22.6 Å². The van der Waals surface area contributed by atoms with Gasteiger partial charge in [-0.25, -0.2) is 4.39 Å². The highest BCUT2D eigenvalue weighted by molar-refractivity contribution is 6.42. The Balaban J connectivity index is 2.27. The van der Waals surface area contributed by atoms with Crippen molar-refractivity contribution in [2.75, 3.05) is 0 Å². The third-order valence-electron chi connectivity index (χ3n) is 4.24. The summed E-state index contributed by atoms with van der Waals surface area (Å²) in [5, 5.41) is 3.53. The van der Waals surface area contributed by atoms with Crippen molar-refractivity contribution >= 4 is 35.0 Å². The largest absolute Gasteiger partial charge is 0.352 e. The summed E-state index contributed by atoms with van der Waals surface area (Å²) in [5.41, 5.74) is 1.00. The van der Waals surface area contributed by atoms with Gasteiger partial charge < -0.3 is 10.2 Å². The summed E-state index contributed by atoms with van der Waals surface area (Å²) in [7, 11) is 0. The molecule has 4 nitrogen and oxygen atoms in total. The molecule has 0 fully saturated rings. The van der Waals surface area contributed by atoms with E-state index in [1.165, 1.54) is 11.0 Å². The SMILES string of the molecule is CC(C)NC(=O)[C@@H](C)N(Cc1ccccc1F)C(=O)Cc1ccc(Cl)c(Cl)c1. The molecular weight excluding hydrogens is 402 g/mol. The fraction of sp³-hybridized carbons (Fsp3) is 0.333. The van der Waals surface area contributed by atoms with E-state index in [1.807, 2.05) is 13.8 Å². The van der Waals surface area contributed by atoms with Crippen LogP contribution in [0.25, 0.3) is 0 Å². The van der Waals surface area contributed by atoms with Gasteiger partial charge in [0.1, 0.15) is 11.9 Å². The Hall–Kier alpha value is -2.11. The molecule has 2 aromatic carbocycles. The van der Waals surface area contributed by atoms with Crippen molar-refractivity contribution in [3.63, 3.8) is 0 Å². The first-order valence-corrected chi connectivity index (χ1v) is 9.71. The lowest BCUT2D eigenvalue weighted by molar-refractivity contribution is -0.140. The molecule has 0 aliphatic rings. The Morgan fingerprint density at radius 3 is 2.36 bits per heavy atom. The predicted octanol–water partition coefficient (Wildman–Crippen LogP) is 4.62. The molecule has 0 aliphatic carbocycles. The first-order valence-electron chi connectivity index (χ1n) is 8.96. The number of rotatable bonds is 7. The van der Waals surface area contributed by atoms with Gasteiger partial charge in [-0.05, 0) is 44.5 Å². The van der Waals surface area contributed by atoms with E-state index in [-0.39, 0.29) is 30.8 Å². The second-order valence-corrected chi connectivity index (χ2v) is 7.69. The molecule has 0 spiro atoms. The maximum absolute atomic E-state index is 14.1. The van der Waals surface area contributed by atoms with Gasteiger partial charge >= 0.3 is 0 Å². The van der Waals surface area contributed by atoms with Gasteiger partial charge in [0.15, 0.2) is 0 Å². The van der Waals surface area contributed by atoms with Crippen molar-refractivity contribution in [1.82, 2.24) is 10.2 Å². The van der Waals surface area contributed by atoms with Gasteiger partial charge in [-0.15, -0.1) is 0 Å². The second kappa shape index (κ2) is 9.89. The molecule has 0 saturated carbocycles. The highest BCUT2D eigenvalue weighted by atomic mass is 35.5. The molecule has 2 amide bonds. The zero-order chi connectivity index (χ0) is 20.8. The van der Waals surface area contributed by atoms with Crippen LogP contribution in [0.4, 0.5) is 4.39 Å². The van der Waals surface area contributed by atoms with E-state index in [4.69, 9.17) is 23.2 Å². The normalized spacial score (nSPS) is 12.0. The van der Waals surface area contributed by atoms with Crippen LogP contribution in [-0.4, -0.2) is 28.8 Å². The van der Waals surface area contributed by atoms with Gasteiger partial charge in [0, 0.05) is 18.2 Å². The molecule has 7 heteroatoms. The molecule has 0 saturated heterocycles. The van der Waals surface area contributed by atoms with Crippen LogP contribution in [0, 0.1) is 5.82 Å². The molecule has 2 rings (SSSR count). The van der Waals surface area contributed by atoms with Crippen LogP contribution in [0.2, 0.25) is 10.0 Å². The smallest absolute Gasteiger partial charge is 0.242 e. The molecule has 150 valence electrons.